The van der Waals surface area contributed by atoms with Crippen LogP contribution in [0.25, 0.3) is 0 Å². The van der Waals surface area contributed by atoms with Crippen LogP contribution in [-0.4, -0.2) is 0 Å². The van der Waals surface area contributed by atoms with E-state index < -0.39 is 0 Å². The number of rotatable bonds is 5. The molecule has 0 atom stereocenters. The lowest BCUT2D eigenvalue weighted by molar-refractivity contribution is 0.706. The molecule has 0 heteroatoms. The van der Waals surface area contributed by atoms with Gasteiger partial charge in [-0.2, -0.15) is 0 Å². The molecular formula is C10H19. The van der Waals surface area contributed by atoms with Crippen LogP contribution in [0.5, 0.6) is 0 Å². The highest BCUT2D eigenvalue weighted by atomic mass is 14.0. The Balaban J connectivity index is 3.27. The first kappa shape index (κ1) is 9.74. The van der Waals surface area contributed by atoms with E-state index in [1.54, 1.807) is 0 Å². The van der Waals surface area contributed by atoms with Gasteiger partial charge in [0.2, 0.25) is 0 Å². The third kappa shape index (κ3) is 4.60. The Kier molecular flexibility index (Phi) is 6.68. The van der Waals surface area contributed by atoms with Crippen molar-refractivity contribution in [2.75, 3.05) is 0 Å². The van der Waals surface area contributed by atoms with Gasteiger partial charge in [0.05, 0.1) is 0 Å². The van der Waals surface area contributed by atoms with E-state index in [4.69, 9.17) is 0 Å². The molecule has 0 aliphatic rings. The summed E-state index contributed by atoms with van der Waals surface area (Å²) in [5.74, 6) is 0. The van der Waals surface area contributed by atoms with Crippen LogP contribution in [0.2, 0.25) is 0 Å². The van der Waals surface area contributed by atoms with Crippen molar-refractivity contribution in [2.45, 2.75) is 46.0 Å². The fourth-order valence-electron chi connectivity index (χ4n) is 1.02. The average molecular weight is 139 g/mol. The van der Waals surface area contributed by atoms with Gasteiger partial charge in [-0.1, -0.05) is 31.4 Å². The number of hydrogen-bond acceptors (Lipinski definition) is 0. The van der Waals surface area contributed by atoms with E-state index in [0.717, 1.165) is 6.42 Å². The van der Waals surface area contributed by atoms with Gasteiger partial charge >= 0.3 is 0 Å². The van der Waals surface area contributed by atoms with Gasteiger partial charge in [-0.25, -0.2) is 0 Å². The van der Waals surface area contributed by atoms with Gasteiger partial charge in [-0.15, -0.1) is 0 Å². The van der Waals surface area contributed by atoms with Crippen LogP contribution in [0, 0.1) is 6.92 Å². The Morgan fingerprint density at radius 2 is 2.10 bits per heavy atom. The van der Waals surface area contributed by atoms with Crippen LogP contribution in [0.15, 0.2) is 11.6 Å². The fourth-order valence-corrected chi connectivity index (χ4v) is 1.02. The molecule has 0 saturated carbocycles. The fraction of sp³-hybridized carbons (Fsp3) is 0.700. The Morgan fingerprint density at radius 1 is 1.40 bits per heavy atom. The van der Waals surface area contributed by atoms with Crippen molar-refractivity contribution >= 4 is 0 Å². The van der Waals surface area contributed by atoms with E-state index in [0.29, 0.717) is 0 Å². The van der Waals surface area contributed by atoms with Crippen molar-refractivity contribution in [3.05, 3.63) is 18.6 Å². The third-order valence-corrected chi connectivity index (χ3v) is 1.83. The van der Waals surface area contributed by atoms with Gasteiger partial charge in [0.1, 0.15) is 0 Å². The molecule has 0 bridgehead atoms. The minimum Gasteiger partial charge on any atom is -0.0885 e. The normalized spacial score (nSPS) is 12.1. The summed E-state index contributed by atoms with van der Waals surface area (Å²) in [6.07, 6.45) is 8.45. The molecule has 1 radical (unpaired) electrons. The highest BCUT2D eigenvalue weighted by molar-refractivity contribution is 5.00. The quantitative estimate of drug-likeness (QED) is 0.402. The summed E-state index contributed by atoms with van der Waals surface area (Å²) in [6.45, 7) is 8.21. The lowest BCUT2D eigenvalue weighted by Gasteiger charge is -2.01. The molecule has 0 aliphatic heterocycles. The van der Waals surface area contributed by atoms with Gasteiger partial charge in [0, 0.05) is 0 Å². The van der Waals surface area contributed by atoms with Crippen LogP contribution in [-0.2, 0) is 0 Å². The first-order valence-corrected chi connectivity index (χ1v) is 4.28. The lowest BCUT2D eigenvalue weighted by atomic mass is 10.1. The predicted molar refractivity (Wildman–Crippen MR) is 47.9 cm³/mol. The number of allylic oxidation sites excluding steroid dienone is 2. The lowest BCUT2D eigenvalue weighted by Crippen LogP contribution is -1.81. The van der Waals surface area contributed by atoms with Gasteiger partial charge in [0.15, 0.2) is 0 Å². The molecule has 0 unspecified atom stereocenters. The second kappa shape index (κ2) is 6.85. The summed E-state index contributed by atoms with van der Waals surface area (Å²) >= 11 is 0. The third-order valence-electron chi connectivity index (χ3n) is 1.83. The van der Waals surface area contributed by atoms with Crippen molar-refractivity contribution in [1.82, 2.24) is 0 Å². The first-order chi connectivity index (χ1) is 4.85. The van der Waals surface area contributed by atoms with E-state index >= 15 is 0 Å². The topological polar surface area (TPSA) is 0 Å². The number of hydrogen-bond donors (Lipinski definition) is 0. The highest BCUT2D eigenvalue weighted by Crippen LogP contribution is 2.11. The number of unbranched alkanes of at least 4 members (excludes halogenated alkanes) is 2. The summed E-state index contributed by atoms with van der Waals surface area (Å²) < 4.78 is 0. The molecule has 0 aromatic carbocycles. The molecule has 0 amide bonds. The van der Waals surface area contributed by atoms with Gasteiger partial charge in [-0.3, -0.25) is 0 Å². The smallest absolute Gasteiger partial charge is 0.0320 e. The molecule has 0 aromatic heterocycles. The SMILES string of the molecule is [CH2]CC(=CC)CCCCC. The van der Waals surface area contributed by atoms with Gasteiger partial charge in [-0.05, 0) is 33.1 Å². The van der Waals surface area contributed by atoms with Gasteiger partial charge < -0.3 is 0 Å². The van der Waals surface area contributed by atoms with Crippen molar-refractivity contribution < 1.29 is 0 Å². The molecule has 0 aromatic rings. The average Bonchev–Trinajstić information content (AvgIpc) is 1.99. The summed E-state index contributed by atoms with van der Waals surface area (Å²) in [7, 11) is 0. The summed E-state index contributed by atoms with van der Waals surface area (Å²) in [4.78, 5) is 0. The molecular weight excluding hydrogens is 120 g/mol. The Hall–Kier alpha value is -0.260. The van der Waals surface area contributed by atoms with Crippen molar-refractivity contribution in [3.63, 3.8) is 0 Å². The second-order valence-electron chi connectivity index (χ2n) is 2.65. The summed E-state index contributed by atoms with van der Waals surface area (Å²) in [6, 6.07) is 0. The predicted octanol–water partition coefficient (Wildman–Crippen LogP) is 3.74. The van der Waals surface area contributed by atoms with Crippen LogP contribution in [0.3, 0.4) is 0 Å². The zero-order chi connectivity index (χ0) is 7.82. The van der Waals surface area contributed by atoms with Crippen LogP contribution in [0.4, 0.5) is 0 Å². The minimum absolute atomic E-state index is 0.986. The van der Waals surface area contributed by atoms with E-state index in [1.807, 2.05) is 0 Å². The standard InChI is InChI=1S/C10H19/c1-4-7-8-9-10(5-2)6-3/h6H,2,4-5,7-9H2,1,3H3. The monoisotopic (exact) mass is 139 g/mol. The minimum atomic E-state index is 0.986. The first-order valence-electron chi connectivity index (χ1n) is 4.28. The molecule has 0 heterocycles. The maximum atomic E-state index is 3.87. The Bertz CT molecular complexity index is 90.2. The maximum absolute atomic E-state index is 3.87. The molecule has 10 heavy (non-hydrogen) atoms. The molecule has 0 nitrogen and oxygen atoms in total. The van der Waals surface area contributed by atoms with Crippen molar-refractivity contribution in [1.29, 1.82) is 0 Å². The molecule has 59 valence electrons. The molecule has 0 rings (SSSR count). The van der Waals surface area contributed by atoms with Crippen molar-refractivity contribution in [2.24, 2.45) is 0 Å². The highest BCUT2D eigenvalue weighted by Gasteiger charge is 1.91. The van der Waals surface area contributed by atoms with Crippen LogP contribution in [0.1, 0.15) is 46.0 Å². The Labute approximate surface area is 65.3 Å². The summed E-state index contributed by atoms with van der Waals surface area (Å²) in [5.41, 5.74) is 1.51. The van der Waals surface area contributed by atoms with Crippen LogP contribution >= 0.6 is 0 Å². The van der Waals surface area contributed by atoms with E-state index in [9.17, 15) is 0 Å². The molecule has 0 saturated heterocycles. The van der Waals surface area contributed by atoms with Gasteiger partial charge in [0.25, 0.3) is 0 Å². The second-order valence-corrected chi connectivity index (χ2v) is 2.65. The zero-order valence-electron chi connectivity index (χ0n) is 7.32. The maximum Gasteiger partial charge on any atom is -0.0320 e. The Morgan fingerprint density at radius 3 is 2.50 bits per heavy atom. The molecule has 0 spiro atoms. The zero-order valence-corrected chi connectivity index (χ0v) is 7.32. The largest absolute Gasteiger partial charge is 0.0885 e. The molecule has 0 aliphatic carbocycles. The molecule has 0 fully saturated rings. The van der Waals surface area contributed by atoms with Crippen molar-refractivity contribution in [3.8, 4) is 0 Å². The summed E-state index contributed by atoms with van der Waals surface area (Å²) in [5, 5.41) is 0. The molecule has 0 N–H and O–H groups in total. The van der Waals surface area contributed by atoms with E-state index in [2.05, 4.69) is 26.8 Å². The van der Waals surface area contributed by atoms with E-state index in [-0.39, 0.29) is 0 Å². The van der Waals surface area contributed by atoms with Crippen LogP contribution < -0.4 is 0 Å². The van der Waals surface area contributed by atoms with E-state index in [1.165, 1.54) is 31.3 Å².